The third-order valence-electron chi connectivity index (χ3n) is 10.8. The first-order chi connectivity index (χ1) is 22.8. The number of anilines is 3. The fraction of sp³-hybridized carbons (Fsp3) is 0.130. The number of fused-ring (bicyclic) bond motifs is 4. The Morgan fingerprint density at radius 2 is 0.787 bits per heavy atom. The van der Waals surface area contributed by atoms with Crippen LogP contribution in [0.15, 0.2) is 164 Å². The van der Waals surface area contributed by atoms with Crippen LogP contribution in [0.4, 0.5) is 17.1 Å². The molecule has 1 aliphatic rings. The Bertz CT molecular complexity index is 2220. The van der Waals surface area contributed by atoms with Gasteiger partial charge in [-0.2, -0.15) is 0 Å². The molecule has 47 heavy (non-hydrogen) atoms. The van der Waals surface area contributed by atoms with Gasteiger partial charge in [-0.1, -0.05) is 149 Å². The van der Waals surface area contributed by atoms with E-state index in [1.165, 1.54) is 55.3 Å². The third-order valence-corrected chi connectivity index (χ3v) is 10.8. The van der Waals surface area contributed by atoms with Gasteiger partial charge in [-0.05, 0) is 109 Å². The summed E-state index contributed by atoms with van der Waals surface area (Å²) in [5, 5.41) is 2.47. The lowest BCUT2D eigenvalue weighted by molar-refractivity contribution is 0.299. The molecule has 1 aliphatic carbocycles. The summed E-state index contributed by atoms with van der Waals surface area (Å²) < 4.78 is 0. The highest BCUT2D eigenvalue weighted by Crippen LogP contribution is 2.55. The molecular formula is C46H39N. The van der Waals surface area contributed by atoms with Gasteiger partial charge in [0.05, 0.1) is 0 Å². The fourth-order valence-electron chi connectivity index (χ4n) is 7.43. The lowest BCUT2D eigenvalue weighted by Gasteiger charge is -2.48. The summed E-state index contributed by atoms with van der Waals surface area (Å²) in [5.74, 6) is 0. The van der Waals surface area contributed by atoms with E-state index in [9.17, 15) is 0 Å². The number of nitrogens with zero attached hydrogens (tertiary/aromatic N) is 1. The van der Waals surface area contributed by atoms with Gasteiger partial charge in [0, 0.05) is 17.1 Å². The molecule has 0 unspecified atom stereocenters. The molecule has 0 radical (unpaired) electrons. The monoisotopic (exact) mass is 605 g/mol. The van der Waals surface area contributed by atoms with Crippen LogP contribution < -0.4 is 4.90 Å². The van der Waals surface area contributed by atoms with Gasteiger partial charge in [-0.25, -0.2) is 0 Å². The Kier molecular flexibility index (Phi) is 6.88. The summed E-state index contributed by atoms with van der Waals surface area (Å²) in [6, 6.07) is 60.0. The molecule has 1 nitrogen and oxygen atoms in total. The van der Waals surface area contributed by atoms with Crippen molar-refractivity contribution in [3.05, 3.63) is 175 Å². The van der Waals surface area contributed by atoms with Crippen LogP contribution in [0.25, 0.3) is 44.2 Å². The predicted molar refractivity (Wildman–Crippen MR) is 201 cm³/mol. The van der Waals surface area contributed by atoms with Crippen LogP contribution in [0, 0.1) is 0 Å². The Hall–Kier alpha value is -5.40. The highest BCUT2D eigenvalue weighted by atomic mass is 15.1. The summed E-state index contributed by atoms with van der Waals surface area (Å²) in [5.41, 5.74) is 13.7. The van der Waals surface area contributed by atoms with Gasteiger partial charge >= 0.3 is 0 Å². The van der Waals surface area contributed by atoms with E-state index in [0.29, 0.717) is 0 Å². The van der Waals surface area contributed by atoms with Gasteiger partial charge in [0.25, 0.3) is 0 Å². The maximum atomic E-state index is 2.43. The molecule has 0 atom stereocenters. The minimum absolute atomic E-state index is 0.0443. The van der Waals surface area contributed by atoms with Gasteiger partial charge in [0.1, 0.15) is 0 Å². The third kappa shape index (κ3) is 4.86. The van der Waals surface area contributed by atoms with Crippen LogP contribution >= 0.6 is 0 Å². The number of hydrogen-bond donors (Lipinski definition) is 0. The SMILES string of the molecule is CC1(C)c2ccc(-c3ccccc3)cc2-c2cc(N(c3ccc(-c4ccccc4)cc3)c3ccc4ccccc4c3)ccc2C1(C)C. The van der Waals surface area contributed by atoms with Crippen LogP contribution in [-0.4, -0.2) is 0 Å². The van der Waals surface area contributed by atoms with Crippen molar-refractivity contribution in [2.45, 2.75) is 38.5 Å². The molecule has 0 fully saturated rings. The van der Waals surface area contributed by atoms with Gasteiger partial charge in [-0.3, -0.25) is 0 Å². The highest BCUT2D eigenvalue weighted by molar-refractivity contribution is 5.91. The van der Waals surface area contributed by atoms with Crippen LogP contribution in [0.1, 0.15) is 38.8 Å². The Morgan fingerprint density at radius 3 is 1.45 bits per heavy atom. The number of rotatable bonds is 5. The van der Waals surface area contributed by atoms with Crippen molar-refractivity contribution in [2.75, 3.05) is 4.90 Å². The zero-order chi connectivity index (χ0) is 32.2. The molecule has 8 rings (SSSR count). The minimum atomic E-state index is -0.0623. The van der Waals surface area contributed by atoms with Gasteiger partial charge in [0.15, 0.2) is 0 Å². The Balaban J connectivity index is 1.33. The minimum Gasteiger partial charge on any atom is -0.310 e. The predicted octanol–water partition coefficient (Wildman–Crippen LogP) is 12.9. The van der Waals surface area contributed by atoms with Gasteiger partial charge in [0.2, 0.25) is 0 Å². The summed E-state index contributed by atoms with van der Waals surface area (Å²) in [6.07, 6.45) is 0. The first kappa shape index (κ1) is 29.0. The molecule has 0 saturated heterocycles. The first-order valence-electron chi connectivity index (χ1n) is 16.6. The topological polar surface area (TPSA) is 3.24 Å². The van der Waals surface area contributed by atoms with E-state index >= 15 is 0 Å². The molecule has 0 aromatic heterocycles. The molecule has 0 saturated carbocycles. The smallest absolute Gasteiger partial charge is 0.0468 e. The van der Waals surface area contributed by atoms with Crippen LogP contribution in [-0.2, 0) is 10.8 Å². The maximum Gasteiger partial charge on any atom is 0.0468 e. The van der Waals surface area contributed by atoms with Crippen LogP contribution in [0.3, 0.4) is 0 Å². The van der Waals surface area contributed by atoms with Gasteiger partial charge < -0.3 is 4.90 Å². The van der Waals surface area contributed by atoms with Crippen molar-refractivity contribution < 1.29 is 0 Å². The fourth-order valence-corrected chi connectivity index (χ4v) is 7.43. The van der Waals surface area contributed by atoms with Crippen molar-refractivity contribution in [3.8, 4) is 33.4 Å². The van der Waals surface area contributed by atoms with Crippen molar-refractivity contribution in [3.63, 3.8) is 0 Å². The largest absolute Gasteiger partial charge is 0.310 e. The molecule has 0 amide bonds. The molecule has 0 bridgehead atoms. The molecule has 0 heterocycles. The molecular weight excluding hydrogens is 567 g/mol. The summed E-state index contributed by atoms with van der Waals surface area (Å²) >= 11 is 0. The van der Waals surface area contributed by atoms with E-state index in [1.54, 1.807) is 0 Å². The van der Waals surface area contributed by atoms with Crippen molar-refractivity contribution in [1.29, 1.82) is 0 Å². The normalized spacial score (nSPS) is 14.3. The maximum absolute atomic E-state index is 2.43. The summed E-state index contributed by atoms with van der Waals surface area (Å²) in [7, 11) is 0. The van der Waals surface area contributed by atoms with E-state index < -0.39 is 0 Å². The van der Waals surface area contributed by atoms with Crippen LogP contribution in [0.2, 0.25) is 0 Å². The van der Waals surface area contributed by atoms with E-state index in [2.05, 4.69) is 196 Å². The zero-order valence-corrected chi connectivity index (χ0v) is 27.5. The molecule has 0 N–H and O–H groups in total. The number of hydrogen-bond acceptors (Lipinski definition) is 1. The summed E-state index contributed by atoms with van der Waals surface area (Å²) in [6.45, 7) is 9.62. The Morgan fingerprint density at radius 1 is 0.340 bits per heavy atom. The second-order valence-corrected chi connectivity index (χ2v) is 13.9. The lowest BCUT2D eigenvalue weighted by Crippen LogP contribution is -2.43. The van der Waals surface area contributed by atoms with Crippen molar-refractivity contribution in [1.82, 2.24) is 0 Å². The Labute approximate surface area is 278 Å². The van der Waals surface area contributed by atoms with E-state index in [4.69, 9.17) is 0 Å². The van der Waals surface area contributed by atoms with E-state index in [-0.39, 0.29) is 10.8 Å². The van der Waals surface area contributed by atoms with Gasteiger partial charge in [-0.15, -0.1) is 0 Å². The molecule has 1 heteroatoms. The van der Waals surface area contributed by atoms with E-state index in [1.807, 2.05) is 0 Å². The highest BCUT2D eigenvalue weighted by Gasteiger charge is 2.46. The molecule has 228 valence electrons. The average Bonchev–Trinajstić information content (AvgIpc) is 3.12. The average molecular weight is 606 g/mol. The molecule has 7 aromatic rings. The quantitative estimate of drug-likeness (QED) is 0.189. The lowest BCUT2D eigenvalue weighted by atomic mass is 9.55. The number of benzene rings is 7. The summed E-state index contributed by atoms with van der Waals surface area (Å²) in [4.78, 5) is 2.41. The zero-order valence-electron chi connectivity index (χ0n) is 27.5. The van der Waals surface area contributed by atoms with Crippen molar-refractivity contribution >= 4 is 27.8 Å². The van der Waals surface area contributed by atoms with Crippen LogP contribution in [0.5, 0.6) is 0 Å². The molecule has 7 aromatic carbocycles. The molecule has 0 aliphatic heterocycles. The standard InChI is InChI=1S/C46H39N/c1-45(2)43-27-22-37(33-15-9-6-10-16-33)30-41(43)42-31-40(26-28-44(42)46(45,3)4)47(39-25-21-34-17-11-12-18-36(34)29-39)38-23-19-35(20-24-38)32-13-7-5-8-14-32/h5-31H,1-4H3. The first-order valence-corrected chi connectivity index (χ1v) is 16.6. The second-order valence-electron chi connectivity index (χ2n) is 13.9. The van der Waals surface area contributed by atoms with E-state index in [0.717, 1.165) is 17.1 Å². The second kappa shape index (κ2) is 11.1. The van der Waals surface area contributed by atoms with Crippen molar-refractivity contribution in [2.24, 2.45) is 0 Å². The molecule has 0 spiro atoms.